The summed E-state index contributed by atoms with van der Waals surface area (Å²) in [6.07, 6.45) is 2.29. The fourth-order valence-electron chi connectivity index (χ4n) is 3.68. The summed E-state index contributed by atoms with van der Waals surface area (Å²) in [6, 6.07) is 14.2. The predicted octanol–water partition coefficient (Wildman–Crippen LogP) is 3.44. The monoisotopic (exact) mass is 440 g/mol. The minimum atomic E-state index is -0.242. The number of hydrogen-bond acceptors (Lipinski definition) is 5. The van der Waals surface area contributed by atoms with Crippen LogP contribution in [0.15, 0.2) is 54.7 Å². The van der Waals surface area contributed by atoms with Crippen molar-refractivity contribution < 1.29 is 14.6 Å². The van der Waals surface area contributed by atoms with E-state index in [1.54, 1.807) is 35.1 Å². The lowest BCUT2D eigenvalue weighted by molar-refractivity contribution is 0.102. The Morgan fingerprint density at radius 2 is 2.06 bits per heavy atom. The minimum Gasteiger partial charge on any atom is -0.492 e. The Balaban J connectivity index is 1.51. The first-order chi connectivity index (χ1) is 15.0. The number of β-amino-alcohol motifs (C(OH)–C–C–N with tert-alkyl or cyclic N) is 1. The van der Waals surface area contributed by atoms with Gasteiger partial charge in [-0.15, -0.1) is 0 Å². The standard InChI is InChI=1S/C23H25ClN4O3/c1-27-21(8-10-25-27)20-14-18(26-23(30)16-2-4-17(24)5-3-16)6-7-22(20)31-13-12-28-11-9-19(29)15-28/h2-8,10,14,19,29H,9,11-13,15H2,1H3,(H,26,30)/t19-/m1/s1. The number of aryl methyl sites for hydroxylation is 1. The molecule has 1 aliphatic rings. The molecule has 4 rings (SSSR count). The minimum absolute atomic E-state index is 0.214. The molecule has 3 aromatic rings. The Morgan fingerprint density at radius 1 is 1.26 bits per heavy atom. The summed E-state index contributed by atoms with van der Waals surface area (Å²) in [5, 5.41) is 17.5. The van der Waals surface area contributed by atoms with E-state index < -0.39 is 0 Å². The molecule has 2 heterocycles. The third-order valence-electron chi connectivity index (χ3n) is 5.35. The molecule has 0 bridgehead atoms. The van der Waals surface area contributed by atoms with Gasteiger partial charge in [-0.25, -0.2) is 0 Å². The molecule has 0 aliphatic carbocycles. The topological polar surface area (TPSA) is 79.6 Å². The molecule has 1 fully saturated rings. The van der Waals surface area contributed by atoms with Gasteiger partial charge in [-0.05, 0) is 55.0 Å². The van der Waals surface area contributed by atoms with Crippen molar-refractivity contribution in [2.75, 3.05) is 31.6 Å². The average molecular weight is 441 g/mol. The first kappa shape index (κ1) is 21.4. The summed E-state index contributed by atoms with van der Waals surface area (Å²) < 4.78 is 7.85. The first-order valence-electron chi connectivity index (χ1n) is 10.2. The van der Waals surface area contributed by atoms with Crippen LogP contribution < -0.4 is 10.1 Å². The maximum absolute atomic E-state index is 12.6. The highest BCUT2D eigenvalue weighted by molar-refractivity contribution is 6.30. The molecule has 1 saturated heterocycles. The van der Waals surface area contributed by atoms with Crippen LogP contribution in [0.3, 0.4) is 0 Å². The van der Waals surface area contributed by atoms with Gasteiger partial charge in [-0.3, -0.25) is 14.4 Å². The zero-order chi connectivity index (χ0) is 21.8. The van der Waals surface area contributed by atoms with Crippen molar-refractivity contribution in [3.05, 3.63) is 65.3 Å². The van der Waals surface area contributed by atoms with Crippen LogP contribution in [-0.4, -0.2) is 58.0 Å². The number of carbonyl (C=O) groups is 1. The van der Waals surface area contributed by atoms with Gasteiger partial charge in [-0.1, -0.05) is 11.6 Å². The fourth-order valence-corrected chi connectivity index (χ4v) is 3.80. The fraction of sp³-hybridized carbons (Fsp3) is 0.304. The van der Waals surface area contributed by atoms with Crippen LogP contribution in [-0.2, 0) is 7.05 Å². The average Bonchev–Trinajstić information content (AvgIpc) is 3.37. The van der Waals surface area contributed by atoms with Crippen molar-refractivity contribution in [2.24, 2.45) is 7.05 Å². The van der Waals surface area contributed by atoms with Crippen LogP contribution >= 0.6 is 11.6 Å². The molecule has 7 nitrogen and oxygen atoms in total. The summed E-state index contributed by atoms with van der Waals surface area (Å²) in [7, 11) is 1.86. The van der Waals surface area contributed by atoms with Gasteiger partial charge in [0.25, 0.3) is 5.91 Å². The molecular weight excluding hydrogens is 416 g/mol. The SMILES string of the molecule is Cn1nccc1-c1cc(NC(=O)c2ccc(Cl)cc2)ccc1OCCN1CC[C@@H](O)C1. The number of likely N-dealkylation sites (tertiary alicyclic amines) is 1. The number of hydrogen-bond donors (Lipinski definition) is 2. The van der Waals surface area contributed by atoms with Gasteiger partial charge in [0, 0.05) is 54.7 Å². The predicted molar refractivity (Wildman–Crippen MR) is 121 cm³/mol. The number of aromatic nitrogens is 2. The molecule has 1 aliphatic heterocycles. The Morgan fingerprint density at radius 3 is 2.74 bits per heavy atom. The molecule has 0 unspecified atom stereocenters. The molecule has 0 radical (unpaired) electrons. The normalized spacial score (nSPS) is 16.4. The van der Waals surface area contributed by atoms with Crippen molar-refractivity contribution in [3.63, 3.8) is 0 Å². The van der Waals surface area contributed by atoms with Crippen LogP contribution in [0.5, 0.6) is 5.75 Å². The highest BCUT2D eigenvalue weighted by Crippen LogP contribution is 2.32. The van der Waals surface area contributed by atoms with E-state index in [2.05, 4.69) is 15.3 Å². The number of nitrogens with zero attached hydrogens (tertiary/aromatic N) is 3. The van der Waals surface area contributed by atoms with Crippen LogP contribution in [0.1, 0.15) is 16.8 Å². The molecule has 2 N–H and O–H groups in total. The molecule has 0 saturated carbocycles. The van der Waals surface area contributed by atoms with E-state index in [0.29, 0.717) is 35.2 Å². The van der Waals surface area contributed by atoms with Crippen LogP contribution in [0, 0.1) is 0 Å². The lowest BCUT2D eigenvalue weighted by Gasteiger charge is -2.17. The number of carbonyl (C=O) groups excluding carboxylic acids is 1. The van der Waals surface area contributed by atoms with Crippen LogP contribution in [0.4, 0.5) is 5.69 Å². The largest absolute Gasteiger partial charge is 0.492 e. The molecule has 1 atom stereocenters. The third-order valence-corrected chi connectivity index (χ3v) is 5.61. The summed E-state index contributed by atoms with van der Waals surface area (Å²) in [5.74, 6) is 0.502. The molecule has 1 amide bonds. The number of ether oxygens (including phenoxy) is 1. The molecule has 162 valence electrons. The van der Waals surface area contributed by atoms with Gasteiger partial charge in [-0.2, -0.15) is 5.10 Å². The second-order valence-corrected chi connectivity index (χ2v) is 8.04. The Bertz CT molecular complexity index is 1050. The Labute approximate surface area is 186 Å². The van der Waals surface area contributed by atoms with E-state index >= 15 is 0 Å². The van der Waals surface area contributed by atoms with Gasteiger partial charge in [0.05, 0.1) is 11.8 Å². The zero-order valence-corrected chi connectivity index (χ0v) is 18.0. The zero-order valence-electron chi connectivity index (χ0n) is 17.3. The smallest absolute Gasteiger partial charge is 0.255 e. The second-order valence-electron chi connectivity index (χ2n) is 7.60. The first-order valence-corrected chi connectivity index (χ1v) is 10.6. The molecule has 0 spiro atoms. The number of amides is 1. The summed E-state index contributed by atoms with van der Waals surface area (Å²) in [4.78, 5) is 14.8. The second kappa shape index (κ2) is 9.51. The maximum atomic E-state index is 12.6. The van der Waals surface area contributed by atoms with Crippen molar-refractivity contribution in [1.29, 1.82) is 0 Å². The van der Waals surface area contributed by atoms with Gasteiger partial charge in [0.2, 0.25) is 0 Å². The molecule has 31 heavy (non-hydrogen) atoms. The van der Waals surface area contributed by atoms with Crippen molar-refractivity contribution in [1.82, 2.24) is 14.7 Å². The summed E-state index contributed by atoms with van der Waals surface area (Å²) >= 11 is 5.91. The van der Waals surface area contributed by atoms with E-state index in [9.17, 15) is 9.90 Å². The van der Waals surface area contributed by atoms with E-state index in [1.165, 1.54) is 0 Å². The van der Waals surface area contributed by atoms with Gasteiger partial charge < -0.3 is 15.2 Å². The molecule has 1 aromatic heterocycles. The van der Waals surface area contributed by atoms with E-state index in [0.717, 1.165) is 30.8 Å². The third kappa shape index (κ3) is 5.25. The maximum Gasteiger partial charge on any atom is 0.255 e. The summed E-state index contributed by atoms with van der Waals surface area (Å²) in [6.45, 7) is 2.83. The number of benzene rings is 2. The van der Waals surface area contributed by atoms with E-state index in [1.807, 2.05) is 31.3 Å². The highest BCUT2D eigenvalue weighted by Gasteiger charge is 2.20. The number of nitrogens with one attached hydrogen (secondary N) is 1. The van der Waals surface area contributed by atoms with Crippen molar-refractivity contribution in [2.45, 2.75) is 12.5 Å². The lowest BCUT2D eigenvalue weighted by Crippen LogP contribution is -2.27. The summed E-state index contributed by atoms with van der Waals surface area (Å²) in [5.41, 5.74) is 2.91. The Hall–Kier alpha value is -2.87. The van der Waals surface area contributed by atoms with Gasteiger partial charge >= 0.3 is 0 Å². The number of halogens is 1. The van der Waals surface area contributed by atoms with Gasteiger partial charge in [0.1, 0.15) is 12.4 Å². The lowest BCUT2D eigenvalue weighted by atomic mass is 10.1. The highest BCUT2D eigenvalue weighted by atomic mass is 35.5. The number of aliphatic hydroxyl groups excluding tert-OH is 1. The number of rotatable bonds is 7. The molecule has 2 aromatic carbocycles. The number of aliphatic hydroxyl groups is 1. The van der Waals surface area contributed by atoms with Crippen LogP contribution in [0.25, 0.3) is 11.3 Å². The van der Waals surface area contributed by atoms with Crippen molar-refractivity contribution >= 4 is 23.2 Å². The van der Waals surface area contributed by atoms with E-state index in [4.69, 9.17) is 16.3 Å². The van der Waals surface area contributed by atoms with Crippen LogP contribution in [0.2, 0.25) is 5.02 Å². The number of anilines is 1. The van der Waals surface area contributed by atoms with Gasteiger partial charge in [0.15, 0.2) is 0 Å². The molecular formula is C23H25ClN4O3. The quantitative estimate of drug-likeness (QED) is 0.588. The molecule has 8 heteroatoms. The Kier molecular flexibility index (Phi) is 6.56. The van der Waals surface area contributed by atoms with E-state index in [-0.39, 0.29) is 12.0 Å². The van der Waals surface area contributed by atoms with Crippen molar-refractivity contribution in [3.8, 4) is 17.0 Å².